The normalized spacial score (nSPS) is 9.33. The molecule has 0 rings (SSSR count). The number of hydrogen-bond acceptors (Lipinski definition) is 7. The van der Waals surface area contributed by atoms with Crippen LogP contribution in [0.15, 0.2) is 0 Å². The van der Waals surface area contributed by atoms with Gasteiger partial charge in [0.15, 0.2) is 0 Å². The number of aliphatic carboxylic acids is 3. The van der Waals surface area contributed by atoms with Gasteiger partial charge in [0, 0.05) is 18.6 Å². The number of carboxylic acids is 3. The predicted octanol–water partition coefficient (Wildman–Crippen LogP) is -17.0. The fourth-order valence-electron chi connectivity index (χ4n) is 0.772. The van der Waals surface area contributed by atoms with Crippen LogP contribution in [0, 0.1) is 0 Å². The first-order valence-corrected chi connectivity index (χ1v) is 3.77. The first kappa shape index (κ1) is 32.4. The molecule has 0 fully saturated rings. The molecule has 0 aromatic heterocycles. The summed E-state index contributed by atoms with van der Waals surface area (Å²) in [4.78, 5) is 30.3. The predicted molar refractivity (Wildman–Crippen MR) is 36.0 cm³/mol. The largest absolute Gasteiger partial charge is 1.00 e. The molecule has 1 N–H and O–H groups in total. The quantitative estimate of drug-likeness (QED) is 0.461. The Balaban J connectivity index is -0.000000141. The zero-order chi connectivity index (χ0) is 11.1. The molecule has 0 aromatic rings. The molecule has 0 saturated carbocycles. The van der Waals surface area contributed by atoms with Crippen LogP contribution in [0.2, 0.25) is 0 Å². The van der Waals surface area contributed by atoms with Crippen molar-refractivity contribution >= 4 is 17.9 Å². The molecule has 0 spiro atoms. The van der Waals surface area contributed by atoms with Gasteiger partial charge in [0.2, 0.25) is 0 Å². The number of carboxylic acid groups (broad SMARTS) is 3. The Hall–Kier alpha value is 2.37. The van der Waals surface area contributed by atoms with Gasteiger partial charge in [-0.1, -0.05) is 0 Å². The van der Waals surface area contributed by atoms with E-state index < -0.39 is 36.9 Å². The number of hydrogen-bond donors (Lipinski definition) is 1. The summed E-state index contributed by atoms with van der Waals surface area (Å²) in [6.07, 6.45) is -0.781. The van der Waals surface area contributed by atoms with Crippen molar-refractivity contribution in [1.29, 1.82) is 0 Å². The van der Waals surface area contributed by atoms with Crippen LogP contribution >= 0.6 is 0 Å². The fourth-order valence-corrected chi connectivity index (χ4v) is 0.772. The number of rotatable bonds is 7. The van der Waals surface area contributed by atoms with Crippen molar-refractivity contribution < 1.29 is 148 Å². The van der Waals surface area contributed by atoms with Gasteiger partial charge in [-0.2, -0.15) is 0 Å². The van der Waals surface area contributed by atoms with E-state index in [1.54, 1.807) is 0 Å². The summed E-state index contributed by atoms with van der Waals surface area (Å²) in [6, 6.07) is -1.33. The molecule has 0 heterocycles. The number of carbonyl (C=O) groups is 3. The van der Waals surface area contributed by atoms with E-state index in [2.05, 4.69) is 5.32 Å². The Bertz CT molecular complexity index is 234. The van der Waals surface area contributed by atoms with E-state index in [1.807, 2.05) is 0 Å². The third kappa shape index (κ3) is 20.7. The van der Waals surface area contributed by atoms with Gasteiger partial charge in [-0.15, -0.1) is 0 Å². The van der Waals surface area contributed by atoms with Crippen molar-refractivity contribution in [3.63, 3.8) is 0 Å². The van der Waals surface area contributed by atoms with Crippen LogP contribution in [0.1, 0.15) is 12.8 Å². The van der Waals surface area contributed by atoms with E-state index in [0.717, 1.165) is 0 Å². The van der Waals surface area contributed by atoms with E-state index in [4.69, 9.17) is 0 Å². The van der Waals surface area contributed by atoms with Gasteiger partial charge in [-0.25, -0.2) is 0 Å². The molecule has 1 atom stereocenters. The Labute approximate surface area is 193 Å². The van der Waals surface area contributed by atoms with E-state index in [9.17, 15) is 29.7 Å². The third-order valence-electron chi connectivity index (χ3n) is 1.41. The van der Waals surface area contributed by atoms with Crippen molar-refractivity contribution in [1.82, 2.24) is 5.32 Å². The standard InChI is InChI=1S/C7H11NO6.4Na/c9-5(10)2-1-4(7(13)14)8-3-6(11)12;;;;/h4,8H,1-3H2,(H,9,10)(H,11,12)(H,13,14);;;;/q;4*+1/p-3/t4-;;;;/m0..../s1. The first-order chi connectivity index (χ1) is 6.43. The SMILES string of the molecule is O=C([O-])CC[C@H](NCC(=O)[O-])C(=O)[O-].[Na+].[Na+].[Na+].[Na+]. The van der Waals surface area contributed by atoms with Crippen molar-refractivity contribution in [2.24, 2.45) is 0 Å². The molecule has 0 bridgehead atoms. The summed E-state index contributed by atoms with van der Waals surface area (Å²) >= 11 is 0. The van der Waals surface area contributed by atoms with Gasteiger partial charge in [-0.3, -0.25) is 0 Å². The molecule has 80 valence electrons. The summed E-state index contributed by atoms with van der Waals surface area (Å²) in [7, 11) is 0. The molecule has 0 aliphatic heterocycles. The molecule has 0 radical (unpaired) electrons. The average molecular weight is 294 g/mol. The van der Waals surface area contributed by atoms with Crippen molar-refractivity contribution in [3.05, 3.63) is 0 Å². The van der Waals surface area contributed by atoms with Crippen LogP contribution in [0.5, 0.6) is 0 Å². The minimum absolute atomic E-state index is 0. The maximum absolute atomic E-state index is 10.3. The molecular formula is C7H8NNa4O6+. The Morgan fingerprint density at radius 1 is 0.889 bits per heavy atom. The third-order valence-corrected chi connectivity index (χ3v) is 1.41. The summed E-state index contributed by atoms with van der Waals surface area (Å²) in [5.41, 5.74) is 0. The second-order valence-electron chi connectivity index (χ2n) is 2.54. The van der Waals surface area contributed by atoms with Crippen molar-refractivity contribution in [3.8, 4) is 0 Å². The Morgan fingerprint density at radius 2 is 1.33 bits per heavy atom. The van der Waals surface area contributed by atoms with Crippen LogP contribution in [0.4, 0.5) is 0 Å². The summed E-state index contributed by atoms with van der Waals surface area (Å²) < 4.78 is 0. The van der Waals surface area contributed by atoms with Gasteiger partial charge >= 0.3 is 118 Å². The smallest absolute Gasteiger partial charge is 0.550 e. The van der Waals surface area contributed by atoms with Crippen LogP contribution in [0.25, 0.3) is 0 Å². The molecule has 11 heteroatoms. The van der Waals surface area contributed by atoms with Gasteiger partial charge in [0.05, 0.1) is 11.9 Å². The number of carbonyl (C=O) groups excluding carboxylic acids is 3. The molecule has 0 unspecified atom stereocenters. The second kappa shape index (κ2) is 19.4. The molecule has 7 nitrogen and oxygen atoms in total. The minimum Gasteiger partial charge on any atom is -0.550 e. The zero-order valence-electron chi connectivity index (χ0n) is 11.1. The maximum Gasteiger partial charge on any atom is 1.00 e. The molecule has 0 saturated heterocycles. The van der Waals surface area contributed by atoms with Crippen molar-refractivity contribution in [2.75, 3.05) is 6.54 Å². The summed E-state index contributed by atoms with van der Waals surface area (Å²) in [5, 5.41) is 32.3. The van der Waals surface area contributed by atoms with E-state index in [1.165, 1.54) is 0 Å². The molecule has 0 aromatic carbocycles. The summed E-state index contributed by atoms with van der Waals surface area (Å²) in [5.74, 6) is -4.45. The second-order valence-corrected chi connectivity index (χ2v) is 2.54. The number of nitrogens with one attached hydrogen (secondary N) is 1. The monoisotopic (exact) mass is 294 g/mol. The van der Waals surface area contributed by atoms with Gasteiger partial charge in [0.1, 0.15) is 0 Å². The van der Waals surface area contributed by atoms with Gasteiger partial charge < -0.3 is 35.0 Å². The average Bonchev–Trinajstić information content (AvgIpc) is 2.02. The molecule has 0 aliphatic rings. The van der Waals surface area contributed by atoms with Crippen molar-refractivity contribution in [2.45, 2.75) is 18.9 Å². The molecule has 0 aliphatic carbocycles. The van der Waals surface area contributed by atoms with Gasteiger partial charge in [-0.05, 0) is 12.8 Å². The van der Waals surface area contributed by atoms with Gasteiger partial charge in [0.25, 0.3) is 0 Å². The van der Waals surface area contributed by atoms with Crippen LogP contribution < -0.4 is 139 Å². The van der Waals surface area contributed by atoms with E-state index in [0.29, 0.717) is 0 Å². The maximum atomic E-state index is 10.3. The van der Waals surface area contributed by atoms with Crippen LogP contribution in [0.3, 0.4) is 0 Å². The zero-order valence-corrected chi connectivity index (χ0v) is 19.1. The Kier molecular flexibility index (Phi) is 34.8. The molecule has 0 amide bonds. The van der Waals surface area contributed by atoms with E-state index >= 15 is 0 Å². The molecular weight excluding hydrogens is 286 g/mol. The van der Waals surface area contributed by atoms with E-state index in [-0.39, 0.29) is 125 Å². The Morgan fingerprint density at radius 3 is 1.61 bits per heavy atom. The fraction of sp³-hybridized carbons (Fsp3) is 0.571. The topological polar surface area (TPSA) is 132 Å². The van der Waals surface area contributed by atoms with Crippen LogP contribution in [-0.4, -0.2) is 30.5 Å². The van der Waals surface area contributed by atoms with Crippen LogP contribution in [-0.2, 0) is 14.4 Å². The first-order valence-electron chi connectivity index (χ1n) is 3.77. The minimum atomic E-state index is -1.56. The molecule has 18 heavy (non-hydrogen) atoms. The summed E-state index contributed by atoms with van der Waals surface area (Å²) in [6.45, 7) is -0.675.